The highest BCUT2D eigenvalue weighted by Gasteiger charge is 2.06. The number of thiophene rings is 2. The van der Waals surface area contributed by atoms with Crippen molar-refractivity contribution in [3.05, 3.63) is 75.1 Å². The fourth-order valence-corrected chi connectivity index (χ4v) is 5.60. The third-order valence-electron chi connectivity index (χ3n) is 4.65. The smallest absolute Gasteiger partial charge is 0.0326 e. The molecule has 3 aromatic rings. The Labute approximate surface area is 200 Å². The van der Waals surface area contributed by atoms with Crippen LogP contribution >= 0.6 is 34.4 Å². The first-order chi connectivity index (χ1) is 14.9. The monoisotopic (exact) mass is 465 g/mol. The maximum Gasteiger partial charge on any atom is 0.0326 e. The second kappa shape index (κ2) is 11.7. The second-order valence-electron chi connectivity index (χ2n) is 8.50. The Balaban J connectivity index is 1.53. The van der Waals surface area contributed by atoms with E-state index in [1.807, 2.05) is 29.2 Å². The van der Waals surface area contributed by atoms with Crippen molar-refractivity contribution in [3.63, 3.8) is 0 Å². The minimum Gasteiger partial charge on any atom is -0.296 e. The predicted molar refractivity (Wildman–Crippen MR) is 141 cm³/mol. The Morgan fingerprint density at radius 3 is 2.71 bits per heavy atom. The highest BCUT2D eigenvalue weighted by Crippen LogP contribution is 2.31. The summed E-state index contributed by atoms with van der Waals surface area (Å²) in [6.45, 7) is 11.5. The molecule has 0 aliphatic heterocycles. The molecule has 0 spiro atoms. The first-order valence-corrected chi connectivity index (χ1v) is 13.5. The van der Waals surface area contributed by atoms with Gasteiger partial charge in [-0.15, -0.1) is 23.1 Å². The fraction of sp³-hybridized carbons (Fsp3) is 0.333. The van der Waals surface area contributed by atoms with Crippen molar-refractivity contribution in [2.75, 3.05) is 13.1 Å². The molecule has 31 heavy (non-hydrogen) atoms. The van der Waals surface area contributed by atoms with Gasteiger partial charge in [-0.05, 0) is 90.5 Å². The number of thioether (sulfide) groups is 1. The van der Waals surface area contributed by atoms with Crippen molar-refractivity contribution >= 4 is 34.4 Å². The Morgan fingerprint density at radius 2 is 1.97 bits per heavy atom. The lowest BCUT2D eigenvalue weighted by molar-refractivity contribution is 0.311. The minimum atomic E-state index is 0.0570. The standard InChI is InChI=1S/C27H31NS3/c1-5-28(14-8-6-7-13-27(2,3)4)18-22-10-9-11-25(16-22)31-21-26-17-24(20-30-26)23-12-15-29-19-23/h6,8-12,15-17,19-20H,5,14,18,21H2,1-4H3. The number of benzene rings is 1. The summed E-state index contributed by atoms with van der Waals surface area (Å²) in [6, 6.07) is 13.5. The van der Waals surface area contributed by atoms with E-state index in [0.29, 0.717) is 0 Å². The van der Waals surface area contributed by atoms with Crippen molar-refractivity contribution in [1.29, 1.82) is 0 Å². The van der Waals surface area contributed by atoms with E-state index >= 15 is 0 Å². The van der Waals surface area contributed by atoms with Gasteiger partial charge in [0.15, 0.2) is 0 Å². The van der Waals surface area contributed by atoms with Gasteiger partial charge in [0.25, 0.3) is 0 Å². The number of likely N-dealkylation sites (N-methyl/N-ethyl adjacent to an activating group) is 1. The SMILES string of the molecule is CCN(CC=CC#CC(C)(C)C)Cc1cccc(SCc2cc(-c3ccsc3)cs2)c1. The molecule has 0 atom stereocenters. The Morgan fingerprint density at radius 1 is 1.10 bits per heavy atom. The van der Waals surface area contributed by atoms with E-state index in [2.05, 4.69) is 103 Å². The molecule has 0 unspecified atom stereocenters. The van der Waals surface area contributed by atoms with Crippen molar-refractivity contribution in [2.45, 2.75) is 44.9 Å². The molecular weight excluding hydrogens is 435 g/mol. The normalized spacial score (nSPS) is 11.8. The molecule has 162 valence electrons. The summed E-state index contributed by atoms with van der Waals surface area (Å²) in [5.41, 5.74) is 4.10. The van der Waals surface area contributed by atoms with Gasteiger partial charge in [-0.2, -0.15) is 11.3 Å². The average Bonchev–Trinajstić information content (AvgIpc) is 3.42. The van der Waals surface area contributed by atoms with Crippen LogP contribution in [0.1, 0.15) is 38.1 Å². The maximum atomic E-state index is 3.25. The fourth-order valence-electron chi connectivity index (χ4n) is 3.01. The number of rotatable bonds is 9. The van der Waals surface area contributed by atoms with Crippen LogP contribution in [0.15, 0.2) is 69.6 Å². The largest absolute Gasteiger partial charge is 0.296 e. The maximum absolute atomic E-state index is 3.25. The van der Waals surface area contributed by atoms with Crippen LogP contribution < -0.4 is 0 Å². The van der Waals surface area contributed by atoms with Crippen molar-refractivity contribution < 1.29 is 0 Å². The van der Waals surface area contributed by atoms with Gasteiger partial charge in [-0.3, -0.25) is 4.90 Å². The molecule has 3 rings (SSSR count). The van der Waals surface area contributed by atoms with Crippen LogP contribution in [-0.2, 0) is 12.3 Å². The number of hydrogen-bond acceptors (Lipinski definition) is 4. The molecule has 0 radical (unpaired) electrons. The molecule has 0 amide bonds. The van der Waals surface area contributed by atoms with Gasteiger partial charge in [0.05, 0.1) is 0 Å². The van der Waals surface area contributed by atoms with E-state index in [-0.39, 0.29) is 5.41 Å². The lowest BCUT2D eigenvalue weighted by Crippen LogP contribution is -2.22. The van der Waals surface area contributed by atoms with E-state index < -0.39 is 0 Å². The second-order valence-corrected chi connectivity index (χ2v) is 11.3. The summed E-state index contributed by atoms with van der Waals surface area (Å²) < 4.78 is 0. The molecule has 2 heterocycles. The molecule has 0 N–H and O–H groups in total. The quantitative estimate of drug-likeness (QED) is 0.231. The van der Waals surface area contributed by atoms with Gasteiger partial charge in [-0.1, -0.05) is 37.0 Å². The molecule has 2 aromatic heterocycles. The van der Waals surface area contributed by atoms with Crippen molar-refractivity contribution in [2.24, 2.45) is 5.41 Å². The number of allylic oxidation sites excluding steroid dienone is 1. The van der Waals surface area contributed by atoms with Crippen LogP contribution in [-0.4, -0.2) is 18.0 Å². The van der Waals surface area contributed by atoms with Crippen molar-refractivity contribution in [1.82, 2.24) is 4.90 Å². The number of hydrogen-bond donors (Lipinski definition) is 0. The predicted octanol–water partition coefficient (Wildman–Crippen LogP) is 8.20. The minimum absolute atomic E-state index is 0.0570. The summed E-state index contributed by atoms with van der Waals surface area (Å²) in [4.78, 5) is 5.20. The molecule has 0 aliphatic carbocycles. The lowest BCUT2D eigenvalue weighted by atomic mass is 9.98. The van der Waals surface area contributed by atoms with Crippen LogP contribution in [0.5, 0.6) is 0 Å². The van der Waals surface area contributed by atoms with Gasteiger partial charge >= 0.3 is 0 Å². The van der Waals surface area contributed by atoms with E-state index in [9.17, 15) is 0 Å². The lowest BCUT2D eigenvalue weighted by Gasteiger charge is -2.18. The van der Waals surface area contributed by atoms with Gasteiger partial charge in [0.1, 0.15) is 0 Å². The van der Waals surface area contributed by atoms with Crippen LogP contribution in [0.2, 0.25) is 0 Å². The van der Waals surface area contributed by atoms with Gasteiger partial charge < -0.3 is 0 Å². The third kappa shape index (κ3) is 8.35. The zero-order chi connectivity index (χ0) is 22.1. The molecule has 0 bridgehead atoms. The Hall–Kier alpha value is -1.77. The first-order valence-electron chi connectivity index (χ1n) is 10.6. The summed E-state index contributed by atoms with van der Waals surface area (Å²) in [6.07, 6.45) is 4.16. The van der Waals surface area contributed by atoms with E-state index in [4.69, 9.17) is 0 Å². The molecule has 0 saturated carbocycles. The van der Waals surface area contributed by atoms with Gasteiger partial charge in [0.2, 0.25) is 0 Å². The summed E-state index contributed by atoms with van der Waals surface area (Å²) in [7, 11) is 0. The van der Waals surface area contributed by atoms with E-state index in [1.54, 1.807) is 11.3 Å². The summed E-state index contributed by atoms with van der Waals surface area (Å²) >= 11 is 5.53. The number of nitrogens with zero attached hydrogens (tertiary/aromatic N) is 1. The van der Waals surface area contributed by atoms with Crippen LogP contribution in [0.4, 0.5) is 0 Å². The van der Waals surface area contributed by atoms with E-state index in [0.717, 1.165) is 25.4 Å². The van der Waals surface area contributed by atoms with Crippen LogP contribution in [0.3, 0.4) is 0 Å². The van der Waals surface area contributed by atoms with Gasteiger partial charge in [-0.25, -0.2) is 0 Å². The zero-order valence-electron chi connectivity index (χ0n) is 18.9. The highest BCUT2D eigenvalue weighted by molar-refractivity contribution is 7.98. The summed E-state index contributed by atoms with van der Waals surface area (Å²) in [5.74, 6) is 7.43. The Kier molecular flexibility index (Phi) is 9.04. The molecule has 0 fully saturated rings. The highest BCUT2D eigenvalue weighted by atomic mass is 32.2. The van der Waals surface area contributed by atoms with E-state index in [1.165, 1.54) is 26.5 Å². The molecule has 0 saturated heterocycles. The van der Waals surface area contributed by atoms with Gasteiger partial charge in [0, 0.05) is 34.0 Å². The molecule has 1 nitrogen and oxygen atoms in total. The third-order valence-corrected chi connectivity index (χ3v) is 7.50. The topological polar surface area (TPSA) is 3.24 Å². The zero-order valence-corrected chi connectivity index (χ0v) is 21.3. The van der Waals surface area contributed by atoms with Crippen LogP contribution in [0.25, 0.3) is 11.1 Å². The molecule has 1 aromatic carbocycles. The average molecular weight is 466 g/mol. The van der Waals surface area contributed by atoms with Crippen molar-refractivity contribution in [3.8, 4) is 23.0 Å². The molecule has 4 heteroatoms. The summed E-state index contributed by atoms with van der Waals surface area (Å²) in [5, 5.41) is 6.63. The van der Waals surface area contributed by atoms with Crippen LogP contribution in [0, 0.1) is 17.3 Å². The molecule has 0 aliphatic rings. The Bertz CT molecular complexity index is 1030. The molecular formula is C27H31NS3. The first kappa shape index (κ1) is 23.9.